The van der Waals surface area contributed by atoms with Crippen LogP contribution in [0.4, 0.5) is 0 Å². The molecular weight excluding hydrogens is 280 g/mol. The lowest BCUT2D eigenvalue weighted by atomic mass is 10.3. The van der Waals surface area contributed by atoms with Crippen molar-refractivity contribution >= 4 is 21.6 Å². The van der Waals surface area contributed by atoms with Crippen molar-refractivity contribution in [3.63, 3.8) is 0 Å². The van der Waals surface area contributed by atoms with Gasteiger partial charge in [0.1, 0.15) is 10.6 Å². The first-order chi connectivity index (χ1) is 8.42. The highest BCUT2D eigenvalue weighted by atomic mass is 35.5. The molecule has 1 unspecified atom stereocenters. The van der Waals surface area contributed by atoms with E-state index in [4.69, 9.17) is 20.9 Å². The molecule has 1 rings (SSSR count). The molecule has 0 fully saturated rings. The molecule has 0 aliphatic heterocycles. The highest BCUT2D eigenvalue weighted by molar-refractivity contribution is 7.89. The van der Waals surface area contributed by atoms with Gasteiger partial charge in [-0.1, -0.05) is 5.16 Å². The van der Waals surface area contributed by atoms with Crippen LogP contribution in [0.1, 0.15) is 17.9 Å². The fraction of sp³-hybridized carbons (Fsp3) is 0.700. The number of alkyl halides is 1. The third kappa shape index (κ3) is 3.68. The number of rotatable bonds is 7. The van der Waals surface area contributed by atoms with Gasteiger partial charge in [-0.3, -0.25) is 0 Å². The van der Waals surface area contributed by atoms with Gasteiger partial charge >= 0.3 is 0 Å². The Labute approximate surface area is 112 Å². The van der Waals surface area contributed by atoms with Crippen molar-refractivity contribution in [1.82, 2.24) is 9.88 Å². The minimum absolute atomic E-state index is 0.0787. The van der Waals surface area contributed by atoms with Crippen molar-refractivity contribution in [2.45, 2.75) is 31.2 Å². The molecule has 0 amide bonds. The van der Waals surface area contributed by atoms with Gasteiger partial charge in [-0.2, -0.15) is 0 Å². The Hall–Kier alpha value is -0.630. The molecule has 104 valence electrons. The Morgan fingerprint density at radius 1 is 1.50 bits per heavy atom. The van der Waals surface area contributed by atoms with Crippen LogP contribution in [0.15, 0.2) is 9.42 Å². The number of nitrogens with zero attached hydrogens (tertiary/aromatic N) is 1. The molecule has 1 N–H and O–H groups in total. The van der Waals surface area contributed by atoms with Gasteiger partial charge in [0.2, 0.25) is 10.0 Å². The average Bonchev–Trinajstić information content (AvgIpc) is 2.64. The minimum Gasteiger partial charge on any atom is -0.385 e. The van der Waals surface area contributed by atoms with Gasteiger partial charge < -0.3 is 9.26 Å². The molecular formula is C10H17ClN2O4S. The van der Waals surface area contributed by atoms with E-state index in [1.54, 1.807) is 21.0 Å². The van der Waals surface area contributed by atoms with Crippen LogP contribution in [0.3, 0.4) is 0 Å². The van der Waals surface area contributed by atoms with E-state index in [1.165, 1.54) is 0 Å². The molecule has 6 nitrogen and oxygen atoms in total. The zero-order chi connectivity index (χ0) is 13.8. The predicted molar refractivity (Wildman–Crippen MR) is 67.3 cm³/mol. The quantitative estimate of drug-likeness (QED) is 0.765. The van der Waals surface area contributed by atoms with Crippen LogP contribution in [-0.4, -0.2) is 39.2 Å². The lowest BCUT2D eigenvalue weighted by Gasteiger charge is -2.15. The first-order valence-electron chi connectivity index (χ1n) is 5.42. The summed E-state index contributed by atoms with van der Waals surface area (Å²) in [7, 11) is -2.12. The molecule has 0 aliphatic rings. The molecule has 18 heavy (non-hydrogen) atoms. The molecule has 0 radical (unpaired) electrons. The van der Waals surface area contributed by atoms with Crippen molar-refractivity contribution in [3.05, 3.63) is 11.5 Å². The van der Waals surface area contributed by atoms with Crippen LogP contribution in [0.25, 0.3) is 0 Å². The van der Waals surface area contributed by atoms with Crippen LogP contribution in [0, 0.1) is 13.8 Å². The molecule has 1 aromatic rings. The van der Waals surface area contributed by atoms with E-state index in [1.807, 2.05) is 0 Å². The standard InChI is InChI=1S/C10H17ClN2O4S/c1-7-10(8(2)17-12-7)18(14,15)13-9(6-11)4-5-16-3/h9,13H,4-6H2,1-3H3. The summed E-state index contributed by atoms with van der Waals surface area (Å²) in [6.45, 7) is 3.57. The number of hydrogen-bond acceptors (Lipinski definition) is 5. The zero-order valence-electron chi connectivity index (χ0n) is 10.6. The van der Waals surface area contributed by atoms with E-state index in [0.29, 0.717) is 18.7 Å². The van der Waals surface area contributed by atoms with E-state index in [9.17, 15) is 8.42 Å². The summed E-state index contributed by atoms with van der Waals surface area (Å²) in [5.74, 6) is 0.437. The number of aromatic nitrogens is 1. The average molecular weight is 297 g/mol. The lowest BCUT2D eigenvalue weighted by molar-refractivity contribution is 0.188. The molecule has 0 saturated heterocycles. The van der Waals surface area contributed by atoms with Crippen molar-refractivity contribution in [1.29, 1.82) is 0 Å². The van der Waals surface area contributed by atoms with Gasteiger partial charge in [0.25, 0.3) is 0 Å². The van der Waals surface area contributed by atoms with E-state index >= 15 is 0 Å². The summed E-state index contributed by atoms with van der Waals surface area (Å²) < 4.78 is 36.6. The zero-order valence-corrected chi connectivity index (χ0v) is 12.1. The fourth-order valence-electron chi connectivity index (χ4n) is 1.56. The van der Waals surface area contributed by atoms with E-state index in [-0.39, 0.29) is 22.6 Å². The third-order valence-electron chi connectivity index (χ3n) is 2.42. The molecule has 1 heterocycles. The number of halogens is 1. The summed E-state index contributed by atoms with van der Waals surface area (Å²) in [5, 5.41) is 3.63. The van der Waals surface area contributed by atoms with Crippen LogP contribution >= 0.6 is 11.6 Å². The number of nitrogens with one attached hydrogen (secondary N) is 1. The molecule has 8 heteroatoms. The first kappa shape index (κ1) is 15.4. The topological polar surface area (TPSA) is 81.4 Å². The van der Waals surface area contributed by atoms with Gasteiger partial charge in [0.15, 0.2) is 5.76 Å². The van der Waals surface area contributed by atoms with Gasteiger partial charge in [-0.15, -0.1) is 11.6 Å². The molecule has 1 atom stereocenters. The second-order valence-corrected chi connectivity index (χ2v) is 5.87. The van der Waals surface area contributed by atoms with Crippen molar-refractivity contribution in [2.24, 2.45) is 0 Å². The highest BCUT2D eigenvalue weighted by Crippen LogP contribution is 2.19. The summed E-state index contributed by atoms with van der Waals surface area (Å²) >= 11 is 5.73. The van der Waals surface area contributed by atoms with Crippen LogP contribution in [0.2, 0.25) is 0 Å². The number of sulfonamides is 1. The lowest BCUT2D eigenvalue weighted by Crippen LogP contribution is -2.37. The van der Waals surface area contributed by atoms with Crippen LogP contribution < -0.4 is 4.72 Å². The number of aryl methyl sites for hydroxylation is 2. The maximum Gasteiger partial charge on any atom is 0.246 e. The van der Waals surface area contributed by atoms with Crippen molar-refractivity contribution in [3.8, 4) is 0 Å². The summed E-state index contributed by atoms with van der Waals surface area (Å²) in [5.41, 5.74) is 0.333. The molecule has 0 aromatic carbocycles. The van der Waals surface area contributed by atoms with Gasteiger partial charge in [-0.25, -0.2) is 13.1 Å². The van der Waals surface area contributed by atoms with E-state index in [2.05, 4.69) is 9.88 Å². The number of ether oxygens (including phenoxy) is 1. The second kappa shape index (κ2) is 6.51. The molecule has 1 aromatic heterocycles. The normalized spacial score (nSPS) is 13.8. The maximum absolute atomic E-state index is 12.2. The smallest absolute Gasteiger partial charge is 0.246 e. The minimum atomic E-state index is -3.67. The molecule has 0 bridgehead atoms. The fourth-order valence-corrected chi connectivity index (χ4v) is 3.49. The maximum atomic E-state index is 12.2. The third-order valence-corrected chi connectivity index (χ3v) is 4.55. The Morgan fingerprint density at radius 2 is 2.17 bits per heavy atom. The Kier molecular flexibility index (Phi) is 5.58. The largest absolute Gasteiger partial charge is 0.385 e. The summed E-state index contributed by atoms with van der Waals surface area (Å²) in [6, 6.07) is -0.384. The summed E-state index contributed by atoms with van der Waals surface area (Å²) in [4.78, 5) is 0.0787. The second-order valence-electron chi connectivity index (χ2n) is 3.91. The number of hydrogen-bond donors (Lipinski definition) is 1. The van der Waals surface area contributed by atoms with E-state index in [0.717, 1.165) is 0 Å². The Morgan fingerprint density at radius 3 is 2.61 bits per heavy atom. The van der Waals surface area contributed by atoms with Crippen molar-refractivity contribution in [2.75, 3.05) is 19.6 Å². The Bertz CT molecular complexity index is 467. The molecule has 0 saturated carbocycles. The highest BCUT2D eigenvalue weighted by Gasteiger charge is 2.26. The summed E-state index contributed by atoms with van der Waals surface area (Å²) in [6.07, 6.45) is 0.503. The van der Waals surface area contributed by atoms with Crippen LogP contribution in [0.5, 0.6) is 0 Å². The monoisotopic (exact) mass is 296 g/mol. The van der Waals surface area contributed by atoms with Gasteiger partial charge in [0, 0.05) is 25.6 Å². The van der Waals surface area contributed by atoms with Gasteiger partial charge in [0.05, 0.1) is 0 Å². The first-order valence-corrected chi connectivity index (χ1v) is 7.44. The van der Waals surface area contributed by atoms with Crippen LogP contribution in [-0.2, 0) is 14.8 Å². The molecule has 0 spiro atoms. The van der Waals surface area contributed by atoms with Crippen molar-refractivity contribution < 1.29 is 17.7 Å². The van der Waals surface area contributed by atoms with E-state index < -0.39 is 10.0 Å². The van der Waals surface area contributed by atoms with Gasteiger partial charge in [-0.05, 0) is 20.3 Å². The predicted octanol–water partition coefficient (Wildman–Crippen LogP) is 1.21. The number of methoxy groups -OCH3 is 1. The molecule has 0 aliphatic carbocycles. The SMILES string of the molecule is COCCC(CCl)NS(=O)(=O)c1c(C)noc1C. The Balaban J connectivity index is 2.87.